The summed E-state index contributed by atoms with van der Waals surface area (Å²) in [7, 11) is 0. The molecule has 1 N–H and O–H groups in total. The summed E-state index contributed by atoms with van der Waals surface area (Å²) < 4.78 is 16.5. The Bertz CT molecular complexity index is 639. The number of anilines is 1. The van der Waals surface area contributed by atoms with Gasteiger partial charge in [0.2, 0.25) is 11.8 Å². The van der Waals surface area contributed by atoms with E-state index in [-0.39, 0.29) is 11.9 Å². The van der Waals surface area contributed by atoms with Crippen molar-refractivity contribution < 1.29 is 18.7 Å². The van der Waals surface area contributed by atoms with Crippen molar-refractivity contribution in [1.82, 2.24) is 10.2 Å². The van der Waals surface area contributed by atoms with Gasteiger partial charge in [-0.3, -0.25) is 10.1 Å². The minimum Gasteiger partial charge on any atom is -0.490 e. The van der Waals surface area contributed by atoms with Crippen molar-refractivity contribution in [3.8, 4) is 23.0 Å². The van der Waals surface area contributed by atoms with Crippen LogP contribution in [0.5, 0.6) is 11.5 Å². The highest BCUT2D eigenvalue weighted by Gasteiger charge is 2.13. The largest absolute Gasteiger partial charge is 0.490 e. The van der Waals surface area contributed by atoms with Crippen LogP contribution >= 0.6 is 0 Å². The third kappa shape index (κ3) is 3.75. The molecule has 0 aliphatic rings. The predicted octanol–water partition coefficient (Wildman–Crippen LogP) is 2.88. The lowest BCUT2D eigenvalue weighted by Crippen LogP contribution is -2.09. The van der Waals surface area contributed by atoms with Crippen molar-refractivity contribution in [2.75, 3.05) is 18.5 Å². The molecule has 0 bridgehead atoms. The quantitative estimate of drug-likeness (QED) is 0.846. The van der Waals surface area contributed by atoms with Crippen LogP contribution in [0.3, 0.4) is 0 Å². The summed E-state index contributed by atoms with van der Waals surface area (Å²) >= 11 is 0. The van der Waals surface area contributed by atoms with Crippen LogP contribution in [-0.2, 0) is 4.79 Å². The molecule has 2 rings (SSSR count). The van der Waals surface area contributed by atoms with E-state index in [1.165, 1.54) is 0 Å². The molecule has 2 aromatic rings. The van der Waals surface area contributed by atoms with Crippen LogP contribution < -0.4 is 14.8 Å². The summed E-state index contributed by atoms with van der Waals surface area (Å²) in [6, 6.07) is 5.44. The molecule has 22 heavy (non-hydrogen) atoms. The molecule has 0 atom stereocenters. The minimum absolute atomic E-state index is 0.0775. The van der Waals surface area contributed by atoms with Crippen molar-refractivity contribution in [3.05, 3.63) is 18.2 Å². The van der Waals surface area contributed by atoms with Crippen molar-refractivity contribution in [2.45, 2.75) is 27.2 Å². The fourth-order valence-corrected chi connectivity index (χ4v) is 1.78. The topological polar surface area (TPSA) is 86.5 Å². The molecule has 0 radical (unpaired) electrons. The molecule has 0 saturated carbocycles. The zero-order chi connectivity index (χ0) is 15.9. The highest BCUT2D eigenvalue weighted by atomic mass is 16.5. The molecule has 1 aromatic carbocycles. The normalized spacial score (nSPS) is 10.3. The second kappa shape index (κ2) is 7.44. The first kappa shape index (κ1) is 15.8. The highest BCUT2D eigenvalue weighted by molar-refractivity contribution is 5.88. The Kier molecular flexibility index (Phi) is 5.35. The van der Waals surface area contributed by atoms with Gasteiger partial charge in [0.15, 0.2) is 11.5 Å². The lowest BCUT2D eigenvalue weighted by molar-refractivity contribution is -0.116. The Morgan fingerprint density at radius 3 is 2.55 bits per heavy atom. The number of hydrogen-bond acceptors (Lipinski definition) is 6. The molecule has 7 nitrogen and oxygen atoms in total. The zero-order valence-electron chi connectivity index (χ0n) is 12.9. The number of carbonyl (C=O) groups excluding carboxylic acids is 1. The smallest absolute Gasteiger partial charge is 0.322 e. The number of ether oxygens (including phenoxy) is 2. The van der Waals surface area contributed by atoms with Gasteiger partial charge in [0.25, 0.3) is 0 Å². The number of carbonyl (C=O) groups is 1. The molecule has 1 heterocycles. The SMILES string of the molecule is CCOc1ccc(-c2nnc(NC(=O)CC)o2)cc1OCC. The Morgan fingerprint density at radius 1 is 1.14 bits per heavy atom. The molecule has 0 saturated heterocycles. The van der Waals surface area contributed by atoms with Gasteiger partial charge in [-0.05, 0) is 32.0 Å². The molecule has 7 heteroatoms. The number of benzene rings is 1. The first-order valence-electron chi connectivity index (χ1n) is 7.21. The molecule has 0 aliphatic carbocycles. The Hall–Kier alpha value is -2.57. The maximum Gasteiger partial charge on any atom is 0.322 e. The molecular weight excluding hydrogens is 286 g/mol. The van der Waals surface area contributed by atoms with Gasteiger partial charge in [0.1, 0.15) is 0 Å². The monoisotopic (exact) mass is 305 g/mol. The lowest BCUT2D eigenvalue weighted by Gasteiger charge is -2.11. The zero-order valence-corrected chi connectivity index (χ0v) is 12.9. The molecule has 118 valence electrons. The summed E-state index contributed by atoms with van der Waals surface area (Å²) in [5.74, 6) is 1.39. The first-order chi connectivity index (χ1) is 10.7. The number of amides is 1. The number of nitrogens with one attached hydrogen (secondary N) is 1. The minimum atomic E-state index is -0.183. The summed E-state index contributed by atoms with van der Waals surface area (Å²) in [6.45, 7) is 6.61. The molecule has 0 fully saturated rings. The summed E-state index contributed by atoms with van der Waals surface area (Å²) in [5.41, 5.74) is 0.691. The maximum atomic E-state index is 11.3. The number of rotatable bonds is 7. The molecule has 0 aliphatic heterocycles. The van der Waals surface area contributed by atoms with E-state index in [2.05, 4.69) is 15.5 Å². The van der Waals surface area contributed by atoms with Crippen LogP contribution in [0.1, 0.15) is 27.2 Å². The van der Waals surface area contributed by atoms with Crippen molar-refractivity contribution >= 4 is 11.9 Å². The number of hydrogen-bond donors (Lipinski definition) is 1. The third-order valence-electron chi connectivity index (χ3n) is 2.78. The second-order valence-electron chi connectivity index (χ2n) is 4.34. The standard InChI is InChI=1S/C15H19N3O4/c1-4-13(19)16-15-18-17-14(22-15)10-7-8-11(20-5-2)12(9-10)21-6-3/h7-9H,4-6H2,1-3H3,(H,16,18,19). The summed E-state index contributed by atoms with van der Waals surface area (Å²) in [4.78, 5) is 11.3. The van der Waals surface area contributed by atoms with E-state index in [0.29, 0.717) is 42.6 Å². The predicted molar refractivity (Wildman–Crippen MR) is 81.0 cm³/mol. The average Bonchev–Trinajstić information content (AvgIpc) is 2.98. The van der Waals surface area contributed by atoms with Gasteiger partial charge >= 0.3 is 6.01 Å². The molecule has 1 amide bonds. The fraction of sp³-hybridized carbons (Fsp3) is 0.400. The van der Waals surface area contributed by atoms with Crippen LogP contribution in [-0.4, -0.2) is 29.3 Å². The average molecular weight is 305 g/mol. The summed E-state index contributed by atoms with van der Waals surface area (Å²) in [6.07, 6.45) is 0.343. The molecular formula is C15H19N3O4. The van der Waals surface area contributed by atoms with Crippen molar-refractivity contribution in [1.29, 1.82) is 0 Å². The van der Waals surface area contributed by atoms with E-state index in [9.17, 15) is 4.79 Å². The molecule has 0 spiro atoms. The first-order valence-corrected chi connectivity index (χ1v) is 7.21. The third-order valence-corrected chi connectivity index (χ3v) is 2.78. The van der Waals surface area contributed by atoms with E-state index < -0.39 is 0 Å². The van der Waals surface area contributed by atoms with Gasteiger partial charge < -0.3 is 13.9 Å². The van der Waals surface area contributed by atoms with Gasteiger partial charge in [-0.1, -0.05) is 12.0 Å². The van der Waals surface area contributed by atoms with Crippen molar-refractivity contribution in [2.24, 2.45) is 0 Å². The highest BCUT2D eigenvalue weighted by Crippen LogP contribution is 2.32. The van der Waals surface area contributed by atoms with Gasteiger partial charge in [-0.2, -0.15) is 0 Å². The van der Waals surface area contributed by atoms with E-state index in [4.69, 9.17) is 13.9 Å². The van der Waals surface area contributed by atoms with Gasteiger partial charge in [-0.25, -0.2) is 0 Å². The maximum absolute atomic E-state index is 11.3. The molecule has 0 unspecified atom stereocenters. The van der Waals surface area contributed by atoms with Crippen LogP contribution in [0.4, 0.5) is 6.01 Å². The number of nitrogens with zero attached hydrogens (tertiary/aromatic N) is 2. The van der Waals surface area contributed by atoms with Crippen LogP contribution in [0.2, 0.25) is 0 Å². The van der Waals surface area contributed by atoms with Gasteiger partial charge in [0.05, 0.1) is 13.2 Å². The Morgan fingerprint density at radius 2 is 1.86 bits per heavy atom. The van der Waals surface area contributed by atoms with Crippen LogP contribution in [0, 0.1) is 0 Å². The van der Waals surface area contributed by atoms with Crippen molar-refractivity contribution in [3.63, 3.8) is 0 Å². The van der Waals surface area contributed by atoms with Gasteiger partial charge in [0, 0.05) is 12.0 Å². The van der Waals surface area contributed by atoms with E-state index in [1.54, 1.807) is 25.1 Å². The number of aromatic nitrogens is 2. The van der Waals surface area contributed by atoms with Crippen LogP contribution in [0.25, 0.3) is 11.5 Å². The Labute approximate surface area is 128 Å². The van der Waals surface area contributed by atoms with Crippen LogP contribution in [0.15, 0.2) is 22.6 Å². The lowest BCUT2D eigenvalue weighted by atomic mass is 10.2. The molecule has 1 aromatic heterocycles. The van der Waals surface area contributed by atoms with E-state index in [0.717, 1.165) is 0 Å². The summed E-state index contributed by atoms with van der Waals surface area (Å²) in [5, 5.41) is 10.2. The van der Waals surface area contributed by atoms with E-state index >= 15 is 0 Å². The van der Waals surface area contributed by atoms with E-state index in [1.807, 2.05) is 13.8 Å². The van der Waals surface area contributed by atoms with Gasteiger partial charge in [-0.15, -0.1) is 5.10 Å². The second-order valence-corrected chi connectivity index (χ2v) is 4.34. The fourth-order valence-electron chi connectivity index (χ4n) is 1.78. The Balaban J connectivity index is 2.24.